The van der Waals surface area contributed by atoms with Crippen molar-refractivity contribution in [3.8, 4) is 0 Å². The lowest BCUT2D eigenvalue weighted by Gasteiger charge is -1.82. The molecule has 0 heterocycles. The fourth-order valence-corrected chi connectivity index (χ4v) is 0.720. The lowest BCUT2D eigenvalue weighted by Crippen LogP contribution is -1.69. The molecular formula is C10H16O. The number of aldehydes is 1. The average Bonchev–Trinajstić information content (AvgIpc) is 2.03. The number of hydrogen-bond acceptors (Lipinski definition) is 1. The van der Waals surface area contributed by atoms with Crippen LogP contribution in [0.5, 0.6) is 0 Å². The van der Waals surface area contributed by atoms with Crippen LogP contribution in [-0.4, -0.2) is 6.29 Å². The molecule has 1 nitrogen and oxygen atoms in total. The summed E-state index contributed by atoms with van der Waals surface area (Å²) in [6.07, 6.45) is 13.0. The first-order valence-electron chi connectivity index (χ1n) is 4.15. The fourth-order valence-electron chi connectivity index (χ4n) is 0.720. The van der Waals surface area contributed by atoms with E-state index in [4.69, 9.17) is 0 Å². The van der Waals surface area contributed by atoms with E-state index >= 15 is 0 Å². The summed E-state index contributed by atoms with van der Waals surface area (Å²) in [6.45, 7) is 2.12. The highest BCUT2D eigenvalue weighted by atomic mass is 16.1. The molecule has 0 unspecified atom stereocenters. The van der Waals surface area contributed by atoms with Gasteiger partial charge in [-0.1, -0.05) is 31.2 Å². The number of hydrogen-bond donors (Lipinski definition) is 0. The summed E-state index contributed by atoms with van der Waals surface area (Å²) >= 11 is 0. The van der Waals surface area contributed by atoms with Gasteiger partial charge in [-0.25, -0.2) is 0 Å². The zero-order chi connectivity index (χ0) is 8.36. The number of carbonyl (C=O) groups is 1. The van der Waals surface area contributed by atoms with Gasteiger partial charge in [-0.15, -0.1) is 0 Å². The quantitative estimate of drug-likeness (QED) is 0.325. The molecule has 0 rings (SSSR count). The van der Waals surface area contributed by atoms with Gasteiger partial charge in [-0.3, -0.25) is 0 Å². The lowest BCUT2D eigenvalue weighted by molar-refractivity contribution is -0.107. The predicted molar refractivity (Wildman–Crippen MR) is 48.5 cm³/mol. The third-order valence-electron chi connectivity index (χ3n) is 1.29. The van der Waals surface area contributed by atoms with Gasteiger partial charge in [0, 0.05) is 6.42 Å². The van der Waals surface area contributed by atoms with Gasteiger partial charge in [0.1, 0.15) is 6.29 Å². The first-order valence-corrected chi connectivity index (χ1v) is 4.15. The highest BCUT2D eigenvalue weighted by molar-refractivity contribution is 5.49. The second-order valence-corrected chi connectivity index (χ2v) is 2.33. The SMILES string of the molecule is CC/C=C\C/C=C/CCC=O. The molecule has 0 atom stereocenters. The molecule has 0 saturated carbocycles. The molecule has 0 aliphatic rings. The largest absolute Gasteiger partial charge is 0.303 e. The van der Waals surface area contributed by atoms with Crippen LogP contribution in [-0.2, 0) is 4.79 Å². The summed E-state index contributed by atoms with van der Waals surface area (Å²) in [5.41, 5.74) is 0. The van der Waals surface area contributed by atoms with Crippen LogP contribution in [0.1, 0.15) is 32.6 Å². The van der Waals surface area contributed by atoms with E-state index in [1.807, 2.05) is 0 Å². The standard InChI is InChI=1S/C10H16O/c1-2-3-4-5-6-7-8-9-10-11/h3-4,6-7,10H,2,5,8-9H2,1H3/b4-3-,7-6+. The molecule has 0 aliphatic heterocycles. The second kappa shape index (κ2) is 9.15. The second-order valence-electron chi connectivity index (χ2n) is 2.33. The zero-order valence-electron chi connectivity index (χ0n) is 7.12. The van der Waals surface area contributed by atoms with Crippen LogP contribution in [0, 0.1) is 0 Å². The maximum atomic E-state index is 9.89. The first kappa shape index (κ1) is 10.2. The van der Waals surface area contributed by atoms with Crippen molar-refractivity contribution in [1.29, 1.82) is 0 Å². The summed E-state index contributed by atoms with van der Waals surface area (Å²) in [5.74, 6) is 0. The Morgan fingerprint density at radius 2 is 1.73 bits per heavy atom. The molecule has 0 amide bonds. The lowest BCUT2D eigenvalue weighted by atomic mass is 10.2. The van der Waals surface area contributed by atoms with Crippen LogP contribution in [0.15, 0.2) is 24.3 Å². The Balaban J connectivity index is 3.15. The molecule has 0 aromatic heterocycles. The number of carbonyl (C=O) groups excluding carboxylic acids is 1. The van der Waals surface area contributed by atoms with E-state index in [0.29, 0.717) is 6.42 Å². The topological polar surface area (TPSA) is 17.1 Å². The van der Waals surface area contributed by atoms with Gasteiger partial charge >= 0.3 is 0 Å². The van der Waals surface area contributed by atoms with Gasteiger partial charge in [0.15, 0.2) is 0 Å². The third kappa shape index (κ3) is 9.15. The predicted octanol–water partition coefficient (Wildman–Crippen LogP) is 2.88. The highest BCUT2D eigenvalue weighted by Gasteiger charge is 1.76. The van der Waals surface area contributed by atoms with Crippen molar-refractivity contribution < 1.29 is 4.79 Å². The summed E-state index contributed by atoms with van der Waals surface area (Å²) in [5, 5.41) is 0. The molecule has 11 heavy (non-hydrogen) atoms. The molecule has 0 aromatic carbocycles. The molecule has 0 bridgehead atoms. The maximum absolute atomic E-state index is 9.89. The Kier molecular flexibility index (Phi) is 8.44. The van der Waals surface area contributed by atoms with Crippen molar-refractivity contribution in [1.82, 2.24) is 0 Å². The van der Waals surface area contributed by atoms with E-state index in [9.17, 15) is 4.79 Å². The van der Waals surface area contributed by atoms with Crippen LogP contribution < -0.4 is 0 Å². The van der Waals surface area contributed by atoms with Crippen molar-refractivity contribution in [2.75, 3.05) is 0 Å². The first-order chi connectivity index (χ1) is 5.41. The van der Waals surface area contributed by atoms with Crippen LogP contribution in [0.3, 0.4) is 0 Å². The Hall–Kier alpha value is -0.850. The molecule has 0 aliphatic carbocycles. The molecule has 0 saturated heterocycles. The normalized spacial score (nSPS) is 11.4. The molecule has 0 spiro atoms. The van der Waals surface area contributed by atoms with Crippen LogP contribution >= 0.6 is 0 Å². The Bertz CT molecular complexity index is 134. The van der Waals surface area contributed by atoms with Gasteiger partial charge in [-0.05, 0) is 19.3 Å². The van der Waals surface area contributed by atoms with Crippen molar-refractivity contribution in [2.45, 2.75) is 32.6 Å². The van der Waals surface area contributed by atoms with E-state index in [0.717, 1.165) is 25.5 Å². The molecule has 0 fully saturated rings. The number of unbranched alkanes of at least 4 members (excludes halogenated alkanes) is 1. The van der Waals surface area contributed by atoms with Crippen LogP contribution in [0.4, 0.5) is 0 Å². The van der Waals surface area contributed by atoms with E-state index in [1.165, 1.54) is 0 Å². The number of rotatable bonds is 6. The zero-order valence-corrected chi connectivity index (χ0v) is 7.12. The minimum absolute atomic E-state index is 0.647. The van der Waals surface area contributed by atoms with Crippen molar-refractivity contribution >= 4 is 6.29 Å². The smallest absolute Gasteiger partial charge is 0.120 e. The fraction of sp³-hybridized carbons (Fsp3) is 0.500. The number of allylic oxidation sites excluding steroid dienone is 4. The Morgan fingerprint density at radius 1 is 1.00 bits per heavy atom. The molecule has 0 N–H and O–H groups in total. The minimum Gasteiger partial charge on any atom is -0.303 e. The molecule has 0 aromatic rings. The van der Waals surface area contributed by atoms with Crippen LogP contribution in [0.2, 0.25) is 0 Å². The summed E-state index contributed by atoms with van der Waals surface area (Å²) in [7, 11) is 0. The third-order valence-corrected chi connectivity index (χ3v) is 1.29. The maximum Gasteiger partial charge on any atom is 0.120 e. The van der Waals surface area contributed by atoms with Gasteiger partial charge < -0.3 is 4.79 Å². The Morgan fingerprint density at radius 3 is 2.36 bits per heavy atom. The van der Waals surface area contributed by atoms with Crippen molar-refractivity contribution in [3.63, 3.8) is 0 Å². The highest BCUT2D eigenvalue weighted by Crippen LogP contribution is 1.92. The van der Waals surface area contributed by atoms with Gasteiger partial charge in [-0.2, -0.15) is 0 Å². The molecule has 0 radical (unpaired) electrons. The van der Waals surface area contributed by atoms with E-state index < -0.39 is 0 Å². The van der Waals surface area contributed by atoms with Gasteiger partial charge in [0.2, 0.25) is 0 Å². The Labute approximate surface area is 68.8 Å². The van der Waals surface area contributed by atoms with Gasteiger partial charge in [0.25, 0.3) is 0 Å². The molecule has 1 heteroatoms. The minimum atomic E-state index is 0.647. The summed E-state index contributed by atoms with van der Waals surface area (Å²) < 4.78 is 0. The van der Waals surface area contributed by atoms with Crippen molar-refractivity contribution in [3.05, 3.63) is 24.3 Å². The van der Waals surface area contributed by atoms with E-state index in [2.05, 4.69) is 31.2 Å². The average molecular weight is 152 g/mol. The molecule has 62 valence electrons. The van der Waals surface area contributed by atoms with Gasteiger partial charge in [0.05, 0.1) is 0 Å². The van der Waals surface area contributed by atoms with E-state index in [-0.39, 0.29) is 0 Å². The summed E-state index contributed by atoms with van der Waals surface area (Å²) in [4.78, 5) is 9.89. The van der Waals surface area contributed by atoms with Crippen LogP contribution in [0.25, 0.3) is 0 Å². The molecular weight excluding hydrogens is 136 g/mol. The summed E-state index contributed by atoms with van der Waals surface area (Å²) in [6, 6.07) is 0. The van der Waals surface area contributed by atoms with E-state index in [1.54, 1.807) is 0 Å². The monoisotopic (exact) mass is 152 g/mol. The van der Waals surface area contributed by atoms with Crippen molar-refractivity contribution in [2.24, 2.45) is 0 Å².